The molecule has 1 rings (SSSR count). The van der Waals surface area contributed by atoms with Gasteiger partial charge < -0.3 is 11.1 Å². The third kappa shape index (κ3) is 2.55. The molecule has 12 heavy (non-hydrogen) atoms. The Balaban J connectivity index is 2.93. The molecule has 64 valence electrons. The second kappa shape index (κ2) is 3.98. The minimum atomic E-state index is 0.215. The van der Waals surface area contributed by atoms with Gasteiger partial charge in [0.1, 0.15) is 0 Å². The van der Waals surface area contributed by atoms with E-state index in [0.29, 0.717) is 5.02 Å². The summed E-state index contributed by atoms with van der Waals surface area (Å²) in [5.41, 5.74) is 6.04. The largest absolute Gasteiger partial charge is 0.376 e. The van der Waals surface area contributed by atoms with Crippen molar-refractivity contribution in [3.05, 3.63) is 23.2 Å². The van der Waals surface area contributed by atoms with Crippen molar-refractivity contribution in [3.63, 3.8) is 0 Å². The predicted octanol–water partition coefficient (Wildman–Crippen LogP) is 2.28. The van der Waals surface area contributed by atoms with E-state index in [-0.39, 0.29) is 5.11 Å². The van der Waals surface area contributed by atoms with E-state index >= 15 is 0 Å². The summed E-state index contributed by atoms with van der Waals surface area (Å²) < 4.78 is 0. The molecule has 0 bridgehead atoms. The fourth-order valence-electron chi connectivity index (χ4n) is 0.743. The zero-order chi connectivity index (χ0) is 9.14. The lowest BCUT2D eigenvalue weighted by Crippen LogP contribution is -2.19. The Labute approximate surface area is 86.5 Å². The molecule has 0 spiro atoms. The van der Waals surface area contributed by atoms with Crippen LogP contribution >= 0.6 is 36.4 Å². The molecule has 0 radical (unpaired) electrons. The number of benzene rings is 1. The van der Waals surface area contributed by atoms with E-state index < -0.39 is 0 Å². The predicted molar refractivity (Wildman–Crippen MR) is 59.1 cm³/mol. The number of thiocarbonyl (C=S) groups is 1. The molecule has 0 unspecified atom stereocenters. The van der Waals surface area contributed by atoms with Crippen LogP contribution in [-0.4, -0.2) is 5.11 Å². The molecule has 0 saturated heterocycles. The highest BCUT2D eigenvalue weighted by Crippen LogP contribution is 2.23. The highest BCUT2D eigenvalue weighted by molar-refractivity contribution is 7.81. The van der Waals surface area contributed by atoms with Crippen molar-refractivity contribution in [1.82, 2.24) is 0 Å². The van der Waals surface area contributed by atoms with Crippen LogP contribution in [0.1, 0.15) is 0 Å². The topological polar surface area (TPSA) is 38.0 Å². The molecule has 0 heterocycles. The van der Waals surface area contributed by atoms with Gasteiger partial charge in [0.2, 0.25) is 0 Å². The van der Waals surface area contributed by atoms with E-state index in [2.05, 4.69) is 30.2 Å². The lowest BCUT2D eigenvalue weighted by molar-refractivity contribution is 1.45. The van der Waals surface area contributed by atoms with Crippen molar-refractivity contribution in [2.75, 3.05) is 5.32 Å². The number of nitrogens with two attached hydrogens (primary N) is 1. The van der Waals surface area contributed by atoms with Gasteiger partial charge >= 0.3 is 0 Å². The third-order valence-electron chi connectivity index (χ3n) is 1.22. The van der Waals surface area contributed by atoms with Crippen LogP contribution in [0, 0.1) is 0 Å². The van der Waals surface area contributed by atoms with E-state index in [1.165, 1.54) is 0 Å². The van der Waals surface area contributed by atoms with Crippen molar-refractivity contribution in [2.24, 2.45) is 5.73 Å². The van der Waals surface area contributed by atoms with Crippen LogP contribution in [0.2, 0.25) is 5.02 Å². The van der Waals surface area contributed by atoms with Crippen LogP contribution in [0.4, 0.5) is 5.69 Å². The maximum Gasteiger partial charge on any atom is 0.168 e. The summed E-state index contributed by atoms with van der Waals surface area (Å²) in [5, 5.41) is 3.62. The van der Waals surface area contributed by atoms with Crippen molar-refractivity contribution >= 4 is 47.2 Å². The molecular formula is C7H7ClN2S2. The number of nitrogens with one attached hydrogen (secondary N) is 1. The Hall–Kier alpha value is -0.450. The van der Waals surface area contributed by atoms with Gasteiger partial charge in [0.25, 0.3) is 0 Å². The third-order valence-corrected chi connectivity index (χ3v) is 1.92. The second-order valence-electron chi connectivity index (χ2n) is 2.15. The molecule has 0 aliphatic rings. The Bertz CT molecular complexity index is 314. The number of hydrogen-bond donors (Lipinski definition) is 3. The second-order valence-corrected chi connectivity index (χ2v) is 3.51. The Morgan fingerprint density at radius 1 is 1.58 bits per heavy atom. The van der Waals surface area contributed by atoms with E-state index in [0.717, 1.165) is 10.6 Å². The van der Waals surface area contributed by atoms with Gasteiger partial charge in [-0.05, 0) is 30.4 Å². The van der Waals surface area contributed by atoms with Crippen molar-refractivity contribution < 1.29 is 0 Å². The van der Waals surface area contributed by atoms with E-state index in [9.17, 15) is 0 Å². The molecule has 0 amide bonds. The SMILES string of the molecule is NC(=S)Nc1ccc(Cl)cc1S. The molecule has 2 nitrogen and oxygen atoms in total. The van der Waals surface area contributed by atoms with Crippen molar-refractivity contribution in [2.45, 2.75) is 4.90 Å². The fourth-order valence-corrected chi connectivity index (χ4v) is 1.37. The first-order chi connectivity index (χ1) is 5.59. The van der Waals surface area contributed by atoms with Crippen LogP contribution in [-0.2, 0) is 0 Å². The van der Waals surface area contributed by atoms with Gasteiger partial charge in [0.05, 0.1) is 5.69 Å². The average molecular weight is 219 g/mol. The van der Waals surface area contributed by atoms with Crippen molar-refractivity contribution in [3.8, 4) is 0 Å². The minimum Gasteiger partial charge on any atom is -0.376 e. The zero-order valence-electron chi connectivity index (χ0n) is 6.04. The lowest BCUT2D eigenvalue weighted by Gasteiger charge is -2.06. The first-order valence-corrected chi connectivity index (χ1v) is 4.38. The number of rotatable bonds is 1. The molecular weight excluding hydrogens is 212 g/mol. The van der Waals surface area contributed by atoms with E-state index in [1.54, 1.807) is 18.2 Å². The molecule has 5 heteroatoms. The maximum atomic E-state index is 5.71. The summed E-state index contributed by atoms with van der Waals surface area (Å²) in [5.74, 6) is 0. The minimum absolute atomic E-state index is 0.215. The van der Waals surface area contributed by atoms with Gasteiger partial charge in [-0.2, -0.15) is 0 Å². The molecule has 0 atom stereocenters. The van der Waals surface area contributed by atoms with E-state index in [1.807, 2.05) is 0 Å². The molecule has 1 aromatic rings. The Morgan fingerprint density at radius 3 is 2.75 bits per heavy atom. The first-order valence-electron chi connectivity index (χ1n) is 3.14. The van der Waals surface area contributed by atoms with E-state index in [4.69, 9.17) is 17.3 Å². The highest BCUT2D eigenvalue weighted by Gasteiger charge is 1.99. The smallest absolute Gasteiger partial charge is 0.168 e. The van der Waals surface area contributed by atoms with Crippen LogP contribution < -0.4 is 11.1 Å². The number of anilines is 1. The maximum absolute atomic E-state index is 5.71. The van der Waals surface area contributed by atoms with Gasteiger partial charge in [0, 0.05) is 9.92 Å². The van der Waals surface area contributed by atoms with Gasteiger partial charge in [-0.15, -0.1) is 12.6 Å². The van der Waals surface area contributed by atoms with Gasteiger partial charge in [0.15, 0.2) is 5.11 Å². The normalized spacial score (nSPS) is 9.50. The highest BCUT2D eigenvalue weighted by atomic mass is 35.5. The standard InChI is InChI=1S/C7H7ClN2S2/c8-4-1-2-5(6(11)3-4)10-7(9)12/h1-3,11H,(H3,9,10,12). The first kappa shape index (κ1) is 9.64. The Kier molecular flexibility index (Phi) is 3.20. The molecule has 0 saturated carbocycles. The molecule has 0 aliphatic heterocycles. The number of halogens is 1. The summed E-state index contributed by atoms with van der Waals surface area (Å²) in [6, 6.07) is 5.22. The Morgan fingerprint density at radius 2 is 2.25 bits per heavy atom. The molecule has 0 aliphatic carbocycles. The van der Waals surface area contributed by atoms with Crippen LogP contribution in [0.15, 0.2) is 23.1 Å². The van der Waals surface area contributed by atoms with Crippen LogP contribution in [0.25, 0.3) is 0 Å². The van der Waals surface area contributed by atoms with Gasteiger partial charge in [-0.1, -0.05) is 11.6 Å². The van der Waals surface area contributed by atoms with Crippen molar-refractivity contribution in [1.29, 1.82) is 0 Å². The van der Waals surface area contributed by atoms with Crippen LogP contribution in [0.5, 0.6) is 0 Å². The molecule has 3 N–H and O–H groups in total. The van der Waals surface area contributed by atoms with Crippen LogP contribution in [0.3, 0.4) is 0 Å². The zero-order valence-corrected chi connectivity index (χ0v) is 8.51. The van der Waals surface area contributed by atoms with Gasteiger partial charge in [-0.3, -0.25) is 0 Å². The molecule has 1 aromatic carbocycles. The quantitative estimate of drug-likeness (QED) is 0.500. The monoisotopic (exact) mass is 218 g/mol. The molecule has 0 fully saturated rings. The lowest BCUT2D eigenvalue weighted by atomic mass is 10.3. The summed E-state index contributed by atoms with van der Waals surface area (Å²) in [6.45, 7) is 0. The average Bonchev–Trinajstić information content (AvgIpc) is 1.94. The fraction of sp³-hybridized carbons (Fsp3) is 0. The number of hydrogen-bond acceptors (Lipinski definition) is 2. The molecule has 0 aromatic heterocycles. The summed E-state index contributed by atoms with van der Waals surface area (Å²) in [4.78, 5) is 0.718. The summed E-state index contributed by atoms with van der Waals surface area (Å²) in [7, 11) is 0. The summed E-state index contributed by atoms with van der Waals surface area (Å²) in [6.07, 6.45) is 0. The van der Waals surface area contributed by atoms with Gasteiger partial charge in [-0.25, -0.2) is 0 Å². The number of thiol groups is 1. The summed E-state index contributed by atoms with van der Waals surface area (Å²) >= 11 is 14.6.